The third-order valence-electron chi connectivity index (χ3n) is 4.77. The summed E-state index contributed by atoms with van der Waals surface area (Å²) in [6.45, 7) is 1.37. The van der Waals surface area contributed by atoms with E-state index in [4.69, 9.17) is 14.6 Å². The summed E-state index contributed by atoms with van der Waals surface area (Å²) in [5.41, 5.74) is 0.0313. The molecule has 8 heteroatoms. The van der Waals surface area contributed by atoms with E-state index < -0.39 is 5.97 Å². The fraction of sp³-hybridized carbons (Fsp3) is 0.625. The minimum atomic E-state index is -1.05. The minimum Gasteiger partial charge on any atom is -0.476 e. The molecule has 24 heavy (non-hydrogen) atoms. The number of ether oxygens (including phenoxy) is 2. The molecule has 0 aromatic carbocycles. The second-order valence-electron chi connectivity index (χ2n) is 6.23. The lowest BCUT2D eigenvalue weighted by atomic mass is 9.85. The van der Waals surface area contributed by atoms with Crippen LogP contribution in [0.25, 0.3) is 0 Å². The van der Waals surface area contributed by atoms with E-state index in [2.05, 4.69) is 4.98 Å². The Bertz CT molecular complexity index is 644. The standard InChI is InChI=1S/C16H19NO6S/c1-8(19)22-13-6-14-9(10(13)4-5-18)2-3-12(23-14)15-17-11(7-24-15)16(20)21/h5,7,9-10,12-14H,2-4,6H2,1H3,(H,20,21)/t9-,10-,12-,13-,14+/m1/s1. The SMILES string of the molecule is CC(=O)O[C@@H]1C[C@@H]2O[C@@H](c3nc(C(=O)O)cs3)CC[C@@H]2[C@H]1CC=O. The second kappa shape index (κ2) is 6.98. The topological polar surface area (TPSA) is 103 Å². The van der Waals surface area contributed by atoms with E-state index in [0.29, 0.717) is 17.8 Å². The van der Waals surface area contributed by atoms with E-state index in [1.54, 1.807) is 0 Å². The van der Waals surface area contributed by atoms with Gasteiger partial charge in [-0.25, -0.2) is 9.78 Å². The number of esters is 1. The number of hydrogen-bond acceptors (Lipinski definition) is 7. The molecule has 1 saturated carbocycles. The number of carbonyl (C=O) groups is 3. The molecule has 0 amide bonds. The number of rotatable bonds is 5. The lowest BCUT2D eigenvalue weighted by molar-refractivity contribution is -0.149. The minimum absolute atomic E-state index is 0.0109. The Hall–Kier alpha value is -1.80. The second-order valence-corrected chi connectivity index (χ2v) is 7.12. The Morgan fingerprint density at radius 2 is 2.29 bits per heavy atom. The Labute approximate surface area is 143 Å². The van der Waals surface area contributed by atoms with Crippen molar-refractivity contribution in [2.24, 2.45) is 11.8 Å². The van der Waals surface area contributed by atoms with Gasteiger partial charge in [0.15, 0.2) is 5.69 Å². The van der Waals surface area contributed by atoms with E-state index in [1.165, 1.54) is 23.6 Å². The van der Waals surface area contributed by atoms with E-state index in [0.717, 1.165) is 19.1 Å². The summed E-state index contributed by atoms with van der Waals surface area (Å²) in [6, 6.07) is 0. The first-order valence-corrected chi connectivity index (χ1v) is 8.82. The fourth-order valence-corrected chi connectivity index (χ4v) is 4.67. The van der Waals surface area contributed by atoms with Gasteiger partial charge in [-0.15, -0.1) is 11.3 Å². The number of aromatic nitrogens is 1. The first kappa shape index (κ1) is 17.0. The molecule has 5 atom stereocenters. The van der Waals surface area contributed by atoms with E-state index >= 15 is 0 Å². The Morgan fingerprint density at radius 3 is 2.92 bits per heavy atom. The maximum absolute atomic E-state index is 11.3. The molecule has 1 aromatic rings. The van der Waals surface area contributed by atoms with Gasteiger partial charge in [0, 0.05) is 31.1 Å². The van der Waals surface area contributed by atoms with Crippen LogP contribution >= 0.6 is 11.3 Å². The third kappa shape index (κ3) is 3.34. The maximum Gasteiger partial charge on any atom is 0.355 e. The van der Waals surface area contributed by atoms with Crippen molar-refractivity contribution in [1.29, 1.82) is 0 Å². The Morgan fingerprint density at radius 1 is 1.50 bits per heavy atom. The summed E-state index contributed by atoms with van der Waals surface area (Å²) in [7, 11) is 0. The van der Waals surface area contributed by atoms with Crippen LogP contribution in [0.2, 0.25) is 0 Å². The van der Waals surface area contributed by atoms with Gasteiger partial charge in [-0.1, -0.05) is 0 Å². The Balaban J connectivity index is 1.72. The molecule has 1 saturated heterocycles. The summed E-state index contributed by atoms with van der Waals surface area (Å²) in [6.07, 6.45) is 2.71. The molecule has 3 rings (SSSR count). The molecule has 1 N–H and O–H groups in total. The summed E-state index contributed by atoms with van der Waals surface area (Å²) >= 11 is 1.28. The van der Waals surface area contributed by atoms with Gasteiger partial charge in [0.2, 0.25) is 0 Å². The summed E-state index contributed by atoms with van der Waals surface area (Å²) in [5, 5.41) is 11.2. The number of fused-ring (bicyclic) bond motifs is 1. The molecule has 7 nitrogen and oxygen atoms in total. The van der Waals surface area contributed by atoms with Gasteiger partial charge in [0.1, 0.15) is 23.5 Å². The predicted octanol–water partition coefficient (Wildman–Crippen LogP) is 2.22. The van der Waals surface area contributed by atoms with Crippen molar-refractivity contribution in [3.8, 4) is 0 Å². The maximum atomic E-state index is 11.3. The average molecular weight is 353 g/mol. The van der Waals surface area contributed by atoms with Gasteiger partial charge < -0.3 is 19.4 Å². The highest BCUT2D eigenvalue weighted by Crippen LogP contribution is 2.47. The summed E-state index contributed by atoms with van der Waals surface area (Å²) < 4.78 is 11.5. The normalized spacial score (nSPS) is 32.1. The highest BCUT2D eigenvalue weighted by atomic mass is 32.1. The number of nitrogens with zero attached hydrogens (tertiary/aromatic N) is 1. The van der Waals surface area contributed by atoms with E-state index in [1.807, 2.05) is 0 Å². The van der Waals surface area contributed by atoms with Crippen molar-refractivity contribution in [2.45, 2.75) is 50.9 Å². The highest BCUT2D eigenvalue weighted by Gasteiger charge is 2.48. The van der Waals surface area contributed by atoms with Crippen LogP contribution in [0.4, 0.5) is 0 Å². The predicted molar refractivity (Wildman–Crippen MR) is 83.8 cm³/mol. The zero-order chi connectivity index (χ0) is 17.3. The van der Waals surface area contributed by atoms with Gasteiger partial charge in [-0.05, 0) is 18.8 Å². The van der Waals surface area contributed by atoms with Crippen molar-refractivity contribution in [3.63, 3.8) is 0 Å². The van der Waals surface area contributed by atoms with Crippen LogP contribution in [0, 0.1) is 11.8 Å². The first-order chi connectivity index (χ1) is 11.5. The molecule has 0 spiro atoms. The molecule has 0 unspecified atom stereocenters. The van der Waals surface area contributed by atoms with E-state index in [9.17, 15) is 14.4 Å². The molecular weight excluding hydrogens is 334 g/mol. The first-order valence-electron chi connectivity index (χ1n) is 7.94. The van der Waals surface area contributed by atoms with Crippen LogP contribution < -0.4 is 0 Å². The molecule has 1 aliphatic heterocycles. The lowest BCUT2D eigenvalue weighted by Gasteiger charge is -2.33. The molecule has 0 bridgehead atoms. The van der Waals surface area contributed by atoms with Gasteiger partial charge in [0.25, 0.3) is 0 Å². The van der Waals surface area contributed by atoms with Crippen LogP contribution in [0.3, 0.4) is 0 Å². The van der Waals surface area contributed by atoms with Crippen LogP contribution in [-0.2, 0) is 19.1 Å². The molecule has 2 fully saturated rings. The number of aromatic carboxylic acids is 1. The molecule has 2 aliphatic rings. The van der Waals surface area contributed by atoms with Crippen molar-refractivity contribution in [3.05, 3.63) is 16.1 Å². The summed E-state index contributed by atoms with van der Waals surface area (Å²) in [4.78, 5) is 37.4. The number of thiazole rings is 1. The lowest BCUT2D eigenvalue weighted by Crippen LogP contribution is -2.31. The fourth-order valence-electron chi connectivity index (χ4n) is 3.81. The number of hydrogen-bond donors (Lipinski definition) is 1. The molecule has 1 aliphatic carbocycles. The van der Waals surface area contributed by atoms with Gasteiger partial charge >= 0.3 is 11.9 Å². The molecule has 130 valence electrons. The Kier molecular flexibility index (Phi) is 4.96. The molecule has 2 heterocycles. The zero-order valence-electron chi connectivity index (χ0n) is 13.2. The summed E-state index contributed by atoms with van der Waals surface area (Å²) in [5.74, 6) is -1.23. The van der Waals surface area contributed by atoms with Crippen molar-refractivity contribution < 1.29 is 29.0 Å². The monoisotopic (exact) mass is 353 g/mol. The highest BCUT2D eigenvalue weighted by molar-refractivity contribution is 7.09. The smallest absolute Gasteiger partial charge is 0.355 e. The molecule has 0 radical (unpaired) electrons. The zero-order valence-corrected chi connectivity index (χ0v) is 14.0. The number of aldehydes is 1. The number of carboxylic acids is 1. The van der Waals surface area contributed by atoms with Crippen molar-refractivity contribution in [2.75, 3.05) is 0 Å². The van der Waals surface area contributed by atoms with Gasteiger partial charge in [-0.3, -0.25) is 4.79 Å². The van der Waals surface area contributed by atoms with Gasteiger partial charge in [0.05, 0.1) is 6.10 Å². The number of carbonyl (C=O) groups excluding carboxylic acids is 2. The largest absolute Gasteiger partial charge is 0.476 e. The van der Waals surface area contributed by atoms with Crippen LogP contribution in [-0.4, -0.2) is 40.5 Å². The van der Waals surface area contributed by atoms with Crippen LogP contribution in [0.5, 0.6) is 0 Å². The van der Waals surface area contributed by atoms with Crippen molar-refractivity contribution in [1.82, 2.24) is 4.98 Å². The van der Waals surface area contributed by atoms with E-state index in [-0.39, 0.29) is 41.8 Å². The quantitative estimate of drug-likeness (QED) is 0.639. The van der Waals surface area contributed by atoms with Crippen molar-refractivity contribution >= 4 is 29.6 Å². The van der Waals surface area contributed by atoms with Crippen LogP contribution in [0.15, 0.2) is 5.38 Å². The number of carboxylic acid groups (broad SMARTS) is 1. The molecular formula is C16H19NO6S. The average Bonchev–Trinajstić information content (AvgIpc) is 3.12. The van der Waals surface area contributed by atoms with Crippen LogP contribution in [0.1, 0.15) is 54.2 Å². The van der Waals surface area contributed by atoms with Gasteiger partial charge in [-0.2, -0.15) is 0 Å². The third-order valence-corrected chi connectivity index (χ3v) is 5.71. The molecule has 1 aromatic heterocycles.